The van der Waals surface area contributed by atoms with Gasteiger partial charge in [-0.1, -0.05) is 54.6 Å². The molecule has 4 heteroatoms. The molecule has 0 saturated carbocycles. The maximum Gasteiger partial charge on any atom is 0.495 e. The second kappa shape index (κ2) is 5.97. The summed E-state index contributed by atoms with van der Waals surface area (Å²) in [6, 6.07) is 22.7. The van der Waals surface area contributed by atoms with Gasteiger partial charge in [0.2, 0.25) is 0 Å². The van der Waals surface area contributed by atoms with E-state index in [9.17, 15) is 0 Å². The van der Waals surface area contributed by atoms with Crippen LogP contribution in [0.25, 0.3) is 33.1 Å². The average Bonchev–Trinajstić information content (AvgIpc) is 3.16. The molecule has 0 atom stereocenters. The molecule has 140 valence electrons. The van der Waals surface area contributed by atoms with Gasteiger partial charge in [0.05, 0.1) is 11.2 Å². The quantitative estimate of drug-likeness (QED) is 0.434. The Kier molecular flexibility index (Phi) is 3.74. The predicted octanol–water partition coefficient (Wildman–Crippen LogP) is 5.55. The van der Waals surface area contributed by atoms with E-state index < -0.39 is 7.12 Å². The van der Waals surface area contributed by atoms with E-state index in [-0.39, 0.29) is 11.2 Å². The van der Waals surface area contributed by atoms with Gasteiger partial charge in [0, 0.05) is 10.8 Å². The highest BCUT2D eigenvalue weighted by molar-refractivity contribution is 6.66. The lowest BCUT2D eigenvalue weighted by Crippen LogP contribution is -2.41. The Balaban J connectivity index is 1.79. The Labute approximate surface area is 165 Å². The van der Waals surface area contributed by atoms with Crippen molar-refractivity contribution < 1.29 is 13.7 Å². The molecule has 0 N–H and O–H groups in total. The molecule has 0 radical (unpaired) electrons. The fourth-order valence-electron chi connectivity index (χ4n) is 3.92. The van der Waals surface area contributed by atoms with Gasteiger partial charge >= 0.3 is 7.12 Å². The van der Waals surface area contributed by atoms with Gasteiger partial charge < -0.3 is 13.7 Å². The minimum Gasteiger partial charge on any atom is -0.456 e. The minimum absolute atomic E-state index is 0.387. The van der Waals surface area contributed by atoms with Crippen molar-refractivity contribution in [3.05, 3.63) is 66.7 Å². The Morgan fingerprint density at radius 2 is 1.25 bits per heavy atom. The van der Waals surface area contributed by atoms with Gasteiger partial charge in [-0.05, 0) is 56.4 Å². The van der Waals surface area contributed by atoms with Crippen molar-refractivity contribution in [2.75, 3.05) is 0 Å². The number of benzene rings is 3. The second-order valence-corrected chi connectivity index (χ2v) is 8.46. The second-order valence-electron chi connectivity index (χ2n) is 8.46. The van der Waals surface area contributed by atoms with Crippen LogP contribution in [0.4, 0.5) is 0 Å². The standard InChI is InChI=1S/C24H23BO3/c1-23(2)24(3,4)28-25(27-23)18-13-9-15-20-22(18)21-17(12-8-14-19(21)26-20)16-10-6-5-7-11-16/h5-15H,1-4H3. The van der Waals surface area contributed by atoms with Gasteiger partial charge in [-0.3, -0.25) is 0 Å². The molecule has 3 aromatic carbocycles. The maximum atomic E-state index is 6.36. The SMILES string of the molecule is CC1(C)OB(c2cccc3oc4cccc(-c5ccccc5)c4c23)OC1(C)C. The van der Waals surface area contributed by atoms with Gasteiger partial charge in [0.25, 0.3) is 0 Å². The number of furan rings is 1. The van der Waals surface area contributed by atoms with Crippen molar-refractivity contribution >= 4 is 34.5 Å². The van der Waals surface area contributed by atoms with Gasteiger partial charge in [0.15, 0.2) is 0 Å². The van der Waals surface area contributed by atoms with Gasteiger partial charge in [-0.15, -0.1) is 0 Å². The van der Waals surface area contributed by atoms with E-state index >= 15 is 0 Å². The van der Waals surface area contributed by atoms with Crippen molar-refractivity contribution in [3.63, 3.8) is 0 Å². The Hall–Kier alpha value is -2.56. The Bertz CT molecular complexity index is 1160. The summed E-state index contributed by atoms with van der Waals surface area (Å²) in [5.41, 5.74) is 4.29. The molecule has 4 aromatic rings. The highest BCUT2D eigenvalue weighted by atomic mass is 16.7. The van der Waals surface area contributed by atoms with Gasteiger partial charge in [0.1, 0.15) is 11.2 Å². The molecular weight excluding hydrogens is 347 g/mol. The van der Waals surface area contributed by atoms with E-state index in [4.69, 9.17) is 13.7 Å². The van der Waals surface area contributed by atoms with Crippen molar-refractivity contribution in [2.45, 2.75) is 38.9 Å². The summed E-state index contributed by atoms with van der Waals surface area (Å²) in [5.74, 6) is 0. The van der Waals surface area contributed by atoms with Crippen LogP contribution in [-0.4, -0.2) is 18.3 Å². The number of rotatable bonds is 2. The average molecular weight is 370 g/mol. The molecule has 0 spiro atoms. The molecule has 0 amide bonds. The van der Waals surface area contributed by atoms with Gasteiger partial charge in [-0.2, -0.15) is 0 Å². The molecule has 1 aromatic heterocycles. The molecule has 1 aliphatic heterocycles. The molecule has 1 fully saturated rings. The molecule has 5 rings (SSSR count). The van der Waals surface area contributed by atoms with E-state index in [1.807, 2.05) is 30.3 Å². The molecule has 0 bridgehead atoms. The zero-order valence-electron chi connectivity index (χ0n) is 16.7. The first kappa shape index (κ1) is 17.5. The molecule has 0 unspecified atom stereocenters. The summed E-state index contributed by atoms with van der Waals surface area (Å²) in [6.45, 7) is 8.32. The van der Waals surface area contributed by atoms with E-state index in [0.29, 0.717) is 0 Å². The molecule has 0 aliphatic carbocycles. The lowest BCUT2D eigenvalue weighted by molar-refractivity contribution is 0.00578. The first-order valence-corrected chi connectivity index (χ1v) is 9.73. The van der Waals surface area contributed by atoms with Crippen LogP contribution in [0.5, 0.6) is 0 Å². The summed E-state index contributed by atoms with van der Waals surface area (Å²) in [4.78, 5) is 0. The highest BCUT2D eigenvalue weighted by Gasteiger charge is 2.52. The Morgan fingerprint density at radius 1 is 0.643 bits per heavy atom. The van der Waals surface area contributed by atoms with Crippen LogP contribution in [0.2, 0.25) is 0 Å². The van der Waals surface area contributed by atoms with Crippen LogP contribution in [-0.2, 0) is 9.31 Å². The van der Waals surface area contributed by atoms with E-state index in [2.05, 4.69) is 64.1 Å². The van der Waals surface area contributed by atoms with E-state index in [1.165, 1.54) is 5.56 Å². The number of hydrogen-bond donors (Lipinski definition) is 0. The summed E-state index contributed by atoms with van der Waals surface area (Å²) >= 11 is 0. The largest absolute Gasteiger partial charge is 0.495 e. The lowest BCUT2D eigenvalue weighted by Gasteiger charge is -2.32. The molecule has 2 heterocycles. The first-order valence-electron chi connectivity index (χ1n) is 9.73. The van der Waals surface area contributed by atoms with Crippen molar-refractivity contribution in [3.8, 4) is 11.1 Å². The van der Waals surface area contributed by atoms with Crippen LogP contribution in [0.3, 0.4) is 0 Å². The summed E-state index contributed by atoms with van der Waals surface area (Å²) < 4.78 is 18.9. The maximum absolute atomic E-state index is 6.36. The molecule has 3 nitrogen and oxygen atoms in total. The zero-order chi connectivity index (χ0) is 19.5. The molecule has 1 saturated heterocycles. The number of hydrogen-bond acceptors (Lipinski definition) is 3. The third-order valence-corrected chi connectivity index (χ3v) is 6.15. The highest BCUT2D eigenvalue weighted by Crippen LogP contribution is 2.39. The van der Waals surface area contributed by atoms with Crippen LogP contribution in [0.1, 0.15) is 27.7 Å². The summed E-state index contributed by atoms with van der Waals surface area (Å²) in [5, 5.41) is 2.17. The van der Waals surface area contributed by atoms with Crippen LogP contribution >= 0.6 is 0 Å². The Morgan fingerprint density at radius 3 is 1.93 bits per heavy atom. The van der Waals surface area contributed by atoms with Crippen LogP contribution in [0, 0.1) is 0 Å². The minimum atomic E-state index is -0.432. The van der Waals surface area contributed by atoms with Gasteiger partial charge in [-0.25, -0.2) is 0 Å². The third kappa shape index (κ3) is 2.52. The number of fused-ring (bicyclic) bond motifs is 3. The fourth-order valence-corrected chi connectivity index (χ4v) is 3.92. The van der Waals surface area contributed by atoms with Crippen LogP contribution in [0.15, 0.2) is 71.1 Å². The third-order valence-electron chi connectivity index (χ3n) is 6.15. The fraction of sp³-hybridized carbons (Fsp3) is 0.250. The smallest absolute Gasteiger partial charge is 0.456 e. The van der Waals surface area contributed by atoms with E-state index in [1.54, 1.807) is 0 Å². The van der Waals surface area contributed by atoms with Crippen molar-refractivity contribution in [1.82, 2.24) is 0 Å². The zero-order valence-corrected chi connectivity index (χ0v) is 16.7. The predicted molar refractivity (Wildman–Crippen MR) is 115 cm³/mol. The molecule has 1 aliphatic rings. The van der Waals surface area contributed by atoms with Crippen molar-refractivity contribution in [2.24, 2.45) is 0 Å². The summed E-state index contributed by atoms with van der Waals surface area (Å²) in [7, 11) is -0.432. The lowest BCUT2D eigenvalue weighted by atomic mass is 9.76. The molecular formula is C24H23BO3. The topological polar surface area (TPSA) is 31.6 Å². The summed E-state index contributed by atoms with van der Waals surface area (Å²) in [6.07, 6.45) is 0. The monoisotopic (exact) mass is 370 g/mol. The van der Waals surface area contributed by atoms with Crippen LogP contribution < -0.4 is 5.46 Å². The van der Waals surface area contributed by atoms with Crippen molar-refractivity contribution in [1.29, 1.82) is 0 Å². The first-order chi connectivity index (χ1) is 13.4. The van der Waals surface area contributed by atoms with E-state index in [0.717, 1.165) is 33.0 Å². The molecule has 28 heavy (non-hydrogen) atoms. The normalized spacial score (nSPS) is 18.2.